The summed E-state index contributed by atoms with van der Waals surface area (Å²) in [6.07, 6.45) is 3.57. The van der Waals surface area contributed by atoms with Gasteiger partial charge in [-0.1, -0.05) is 22.8 Å². The minimum absolute atomic E-state index is 0.384. The number of H-pyrrole nitrogens is 1. The molecule has 5 nitrogen and oxygen atoms in total. The second-order valence-corrected chi connectivity index (χ2v) is 5.41. The first-order valence-electron chi connectivity index (χ1n) is 6.75. The summed E-state index contributed by atoms with van der Waals surface area (Å²) >= 11 is 6.25. The van der Waals surface area contributed by atoms with E-state index in [1.54, 1.807) is 6.20 Å². The van der Waals surface area contributed by atoms with Crippen LogP contribution in [-0.2, 0) is 0 Å². The van der Waals surface area contributed by atoms with Gasteiger partial charge in [-0.15, -0.1) is 0 Å². The van der Waals surface area contributed by atoms with Crippen LogP contribution in [0.4, 0.5) is 0 Å². The number of rotatable bonds is 2. The van der Waals surface area contributed by atoms with Crippen LogP contribution < -0.4 is 0 Å². The zero-order valence-corrected chi connectivity index (χ0v) is 12.4. The Morgan fingerprint density at radius 3 is 2.95 bits per heavy atom. The normalized spacial score (nSPS) is 11.2. The van der Waals surface area contributed by atoms with E-state index in [-0.39, 0.29) is 0 Å². The molecule has 0 saturated carbocycles. The lowest BCUT2D eigenvalue weighted by molar-refractivity contribution is 0.432. The molecule has 0 unspecified atom stereocenters. The molecule has 0 amide bonds. The Bertz CT molecular complexity index is 973. The highest BCUT2D eigenvalue weighted by molar-refractivity contribution is 6.33. The van der Waals surface area contributed by atoms with Crippen molar-refractivity contribution in [3.8, 4) is 23.0 Å². The number of benzene rings is 1. The maximum atomic E-state index is 6.25. The van der Waals surface area contributed by atoms with Crippen LogP contribution >= 0.6 is 11.6 Å². The van der Waals surface area contributed by atoms with Crippen LogP contribution in [0, 0.1) is 6.92 Å². The third-order valence-corrected chi connectivity index (χ3v) is 3.78. The smallest absolute Gasteiger partial charge is 0.259 e. The van der Waals surface area contributed by atoms with Crippen LogP contribution in [0.5, 0.6) is 0 Å². The van der Waals surface area contributed by atoms with E-state index in [0.29, 0.717) is 28.0 Å². The number of hydrogen-bond donors (Lipinski definition) is 1. The Morgan fingerprint density at radius 1 is 1.18 bits per heavy atom. The minimum atomic E-state index is 0.384. The average molecular weight is 311 g/mol. The van der Waals surface area contributed by atoms with Gasteiger partial charge in [0.15, 0.2) is 0 Å². The average Bonchev–Trinajstić information content (AvgIpc) is 3.15. The van der Waals surface area contributed by atoms with E-state index in [0.717, 1.165) is 16.5 Å². The van der Waals surface area contributed by atoms with E-state index >= 15 is 0 Å². The monoisotopic (exact) mass is 310 g/mol. The van der Waals surface area contributed by atoms with Gasteiger partial charge in [0, 0.05) is 23.3 Å². The standard InChI is InChI=1S/C16H11ClN4O/c1-9-2-3-10(12(17)8-9)16-20-15(21-22-16)14-11-4-6-18-13(11)5-7-19-14/h2-8,18H,1H3. The molecule has 22 heavy (non-hydrogen) atoms. The van der Waals surface area contributed by atoms with Gasteiger partial charge in [-0.25, -0.2) is 0 Å². The molecule has 108 valence electrons. The minimum Gasteiger partial charge on any atom is -0.361 e. The van der Waals surface area contributed by atoms with Crippen molar-refractivity contribution in [3.63, 3.8) is 0 Å². The number of fused-ring (bicyclic) bond motifs is 1. The number of halogens is 1. The number of aromatic nitrogens is 4. The van der Waals surface area contributed by atoms with Crippen LogP contribution in [0.15, 0.2) is 47.2 Å². The van der Waals surface area contributed by atoms with Crippen molar-refractivity contribution in [2.24, 2.45) is 0 Å². The molecule has 0 saturated heterocycles. The van der Waals surface area contributed by atoms with Gasteiger partial charge in [-0.3, -0.25) is 4.98 Å². The van der Waals surface area contributed by atoms with E-state index in [2.05, 4.69) is 20.1 Å². The lowest BCUT2D eigenvalue weighted by Gasteiger charge is -1.99. The SMILES string of the molecule is Cc1ccc(-c2nc(-c3nccc4[nH]ccc34)no2)c(Cl)c1. The summed E-state index contributed by atoms with van der Waals surface area (Å²) in [6, 6.07) is 9.53. The summed E-state index contributed by atoms with van der Waals surface area (Å²) in [5, 5.41) is 5.57. The molecule has 0 bridgehead atoms. The zero-order chi connectivity index (χ0) is 15.1. The molecule has 0 aliphatic heterocycles. The molecule has 0 radical (unpaired) electrons. The predicted molar refractivity (Wildman–Crippen MR) is 84.6 cm³/mol. The van der Waals surface area contributed by atoms with E-state index < -0.39 is 0 Å². The van der Waals surface area contributed by atoms with Gasteiger partial charge in [0.1, 0.15) is 5.69 Å². The van der Waals surface area contributed by atoms with Crippen molar-refractivity contribution < 1.29 is 4.52 Å². The first kappa shape index (κ1) is 13.0. The molecular formula is C16H11ClN4O. The fourth-order valence-electron chi connectivity index (χ4n) is 2.38. The molecule has 1 aromatic carbocycles. The Kier molecular flexibility index (Phi) is 2.94. The second-order valence-electron chi connectivity index (χ2n) is 5.00. The number of nitrogens with zero attached hydrogens (tertiary/aromatic N) is 3. The molecule has 0 aliphatic carbocycles. The van der Waals surface area contributed by atoms with Gasteiger partial charge in [-0.05, 0) is 36.8 Å². The lowest BCUT2D eigenvalue weighted by Crippen LogP contribution is -1.87. The lowest BCUT2D eigenvalue weighted by atomic mass is 10.1. The molecule has 4 rings (SSSR count). The van der Waals surface area contributed by atoms with E-state index in [1.165, 1.54) is 0 Å². The number of pyridine rings is 1. The van der Waals surface area contributed by atoms with Crippen molar-refractivity contribution in [2.45, 2.75) is 6.92 Å². The molecule has 0 fully saturated rings. The van der Waals surface area contributed by atoms with Crippen LogP contribution in [0.25, 0.3) is 33.9 Å². The van der Waals surface area contributed by atoms with Gasteiger partial charge in [0.25, 0.3) is 5.89 Å². The summed E-state index contributed by atoms with van der Waals surface area (Å²) in [5.74, 6) is 0.825. The molecule has 0 spiro atoms. The molecule has 3 aromatic heterocycles. The van der Waals surface area contributed by atoms with Gasteiger partial charge in [0.05, 0.1) is 10.6 Å². The number of aromatic amines is 1. The Hall–Kier alpha value is -2.66. The van der Waals surface area contributed by atoms with Crippen molar-refractivity contribution >= 4 is 22.5 Å². The maximum absolute atomic E-state index is 6.25. The highest BCUT2D eigenvalue weighted by atomic mass is 35.5. The molecule has 0 atom stereocenters. The van der Waals surface area contributed by atoms with Crippen molar-refractivity contribution in [3.05, 3.63) is 53.3 Å². The van der Waals surface area contributed by atoms with Crippen molar-refractivity contribution in [1.29, 1.82) is 0 Å². The van der Waals surface area contributed by atoms with E-state index in [9.17, 15) is 0 Å². The Morgan fingerprint density at radius 2 is 2.09 bits per heavy atom. The third-order valence-electron chi connectivity index (χ3n) is 3.47. The second kappa shape index (κ2) is 4.96. The quantitative estimate of drug-likeness (QED) is 0.601. The Balaban J connectivity index is 1.83. The van der Waals surface area contributed by atoms with E-state index in [1.807, 2.05) is 43.5 Å². The predicted octanol–water partition coefficient (Wildman–Crippen LogP) is 4.24. The number of nitrogens with one attached hydrogen (secondary N) is 1. The molecule has 6 heteroatoms. The van der Waals surface area contributed by atoms with Crippen LogP contribution in [-0.4, -0.2) is 20.1 Å². The molecule has 1 N–H and O–H groups in total. The van der Waals surface area contributed by atoms with Crippen molar-refractivity contribution in [1.82, 2.24) is 20.1 Å². The topological polar surface area (TPSA) is 67.6 Å². The molecule has 3 heterocycles. The van der Waals surface area contributed by atoms with E-state index in [4.69, 9.17) is 16.1 Å². The van der Waals surface area contributed by atoms with Crippen LogP contribution in [0.3, 0.4) is 0 Å². The molecule has 4 aromatic rings. The zero-order valence-electron chi connectivity index (χ0n) is 11.7. The molecule has 0 aliphatic rings. The fourth-order valence-corrected chi connectivity index (χ4v) is 2.70. The number of hydrogen-bond acceptors (Lipinski definition) is 4. The van der Waals surface area contributed by atoms with Gasteiger partial charge < -0.3 is 9.51 Å². The Labute approximate surface area is 131 Å². The van der Waals surface area contributed by atoms with Crippen LogP contribution in [0.2, 0.25) is 5.02 Å². The summed E-state index contributed by atoms with van der Waals surface area (Å²) < 4.78 is 5.36. The van der Waals surface area contributed by atoms with Gasteiger partial charge in [-0.2, -0.15) is 4.98 Å². The highest BCUT2D eigenvalue weighted by Gasteiger charge is 2.16. The maximum Gasteiger partial charge on any atom is 0.259 e. The fraction of sp³-hybridized carbons (Fsp3) is 0.0625. The number of aryl methyl sites for hydroxylation is 1. The summed E-state index contributed by atoms with van der Waals surface area (Å²) in [5.41, 5.74) is 3.45. The largest absolute Gasteiger partial charge is 0.361 e. The summed E-state index contributed by atoms with van der Waals surface area (Å²) in [7, 11) is 0. The first-order valence-corrected chi connectivity index (χ1v) is 7.13. The van der Waals surface area contributed by atoms with Crippen LogP contribution in [0.1, 0.15) is 5.56 Å². The summed E-state index contributed by atoms with van der Waals surface area (Å²) in [6.45, 7) is 1.98. The highest BCUT2D eigenvalue weighted by Crippen LogP contribution is 2.30. The molecular weight excluding hydrogens is 300 g/mol. The van der Waals surface area contributed by atoms with Gasteiger partial charge >= 0.3 is 0 Å². The summed E-state index contributed by atoms with van der Waals surface area (Å²) in [4.78, 5) is 11.9. The first-order chi connectivity index (χ1) is 10.7. The third kappa shape index (κ3) is 2.07. The van der Waals surface area contributed by atoms with Crippen molar-refractivity contribution in [2.75, 3.05) is 0 Å². The van der Waals surface area contributed by atoms with Gasteiger partial charge in [0.2, 0.25) is 5.82 Å².